The van der Waals surface area contributed by atoms with E-state index < -0.39 is 5.97 Å². The Kier molecular flexibility index (Phi) is 5.65. The number of rotatable bonds is 5. The molecule has 1 rings (SSSR count). The van der Waals surface area contributed by atoms with Gasteiger partial charge >= 0.3 is 5.97 Å². The van der Waals surface area contributed by atoms with Crippen molar-refractivity contribution in [3.8, 4) is 0 Å². The SMILES string of the molecule is CCOC(=O)c1cccc(N(CC)C(=O)CCl)c1. The number of nitrogens with zero attached hydrogens (tertiary/aromatic N) is 1. The maximum atomic E-state index is 11.6. The highest BCUT2D eigenvalue weighted by atomic mass is 35.5. The first-order chi connectivity index (χ1) is 8.63. The van der Waals surface area contributed by atoms with Crippen LogP contribution in [0.3, 0.4) is 0 Å². The molecule has 0 bridgehead atoms. The number of esters is 1. The monoisotopic (exact) mass is 269 g/mol. The summed E-state index contributed by atoms with van der Waals surface area (Å²) in [6.07, 6.45) is 0. The highest BCUT2D eigenvalue weighted by Crippen LogP contribution is 2.17. The Morgan fingerprint density at radius 3 is 2.61 bits per heavy atom. The fourth-order valence-corrected chi connectivity index (χ4v) is 1.73. The number of carbonyl (C=O) groups excluding carboxylic acids is 2. The van der Waals surface area contributed by atoms with Crippen LogP contribution >= 0.6 is 11.6 Å². The van der Waals surface area contributed by atoms with E-state index in [0.29, 0.717) is 24.4 Å². The van der Waals surface area contributed by atoms with Crippen molar-refractivity contribution < 1.29 is 14.3 Å². The van der Waals surface area contributed by atoms with Gasteiger partial charge in [-0.1, -0.05) is 6.07 Å². The van der Waals surface area contributed by atoms with Gasteiger partial charge in [0.2, 0.25) is 5.91 Å². The Bertz CT molecular complexity index is 434. The second-order valence-electron chi connectivity index (χ2n) is 3.54. The summed E-state index contributed by atoms with van der Waals surface area (Å²) in [5.41, 5.74) is 1.07. The van der Waals surface area contributed by atoms with Crippen molar-refractivity contribution in [1.29, 1.82) is 0 Å². The van der Waals surface area contributed by atoms with Crippen LogP contribution in [0.1, 0.15) is 24.2 Å². The molecule has 0 N–H and O–H groups in total. The maximum Gasteiger partial charge on any atom is 0.338 e. The molecule has 0 aliphatic carbocycles. The fraction of sp³-hybridized carbons (Fsp3) is 0.385. The third-order valence-electron chi connectivity index (χ3n) is 2.40. The van der Waals surface area contributed by atoms with Gasteiger partial charge < -0.3 is 9.64 Å². The second kappa shape index (κ2) is 7.01. The first-order valence-corrected chi connectivity index (χ1v) is 6.31. The van der Waals surface area contributed by atoms with Crippen molar-refractivity contribution in [2.24, 2.45) is 0 Å². The van der Waals surface area contributed by atoms with Gasteiger partial charge in [-0.2, -0.15) is 0 Å². The number of carbonyl (C=O) groups is 2. The van der Waals surface area contributed by atoms with Crippen LogP contribution in [0.5, 0.6) is 0 Å². The van der Waals surface area contributed by atoms with E-state index in [1.54, 1.807) is 31.2 Å². The number of ether oxygens (including phenoxy) is 1. The third-order valence-corrected chi connectivity index (χ3v) is 2.63. The minimum Gasteiger partial charge on any atom is -0.462 e. The Morgan fingerprint density at radius 2 is 2.06 bits per heavy atom. The van der Waals surface area contributed by atoms with Crippen LogP contribution in [0.25, 0.3) is 0 Å². The average Bonchev–Trinajstić information content (AvgIpc) is 2.40. The molecule has 5 heteroatoms. The minimum absolute atomic E-state index is 0.0858. The molecule has 1 aromatic carbocycles. The molecule has 0 aliphatic heterocycles. The van der Waals surface area contributed by atoms with E-state index >= 15 is 0 Å². The van der Waals surface area contributed by atoms with Crippen molar-refractivity contribution in [2.75, 3.05) is 23.9 Å². The summed E-state index contributed by atoms with van der Waals surface area (Å²) in [6.45, 7) is 4.41. The molecule has 0 aromatic heterocycles. The van der Waals surface area contributed by atoms with Crippen molar-refractivity contribution in [3.63, 3.8) is 0 Å². The molecule has 98 valence electrons. The van der Waals surface area contributed by atoms with Crippen LogP contribution < -0.4 is 4.90 Å². The summed E-state index contributed by atoms with van der Waals surface area (Å²) in [5, 5.41) is 0. The van der Waals surface area contributed by atoms with Crippen LogP contribution in [0.15, 0.2) is 24.3 Å². The van der Waals surface area contributed by atoms with Gasteiger partial charge in [0.05, 0.1) is 12.2 Å². The standard InChI is InChI=1S/C13H16ClNO3/c1-3-15(12(16)9-14)11-7-5-6-10(8-11)13(17)18-4-2/h5-8H,3-4,9H2,1-2H3. The minimum atomic E-state index is -0.395. The van der Waals surface area contributed by atoms with Crippen molar-refractivity contribution in [1.82, 2.24) is 0 Å². The molecule has 0 fully saturated rings. The van der Waals surface area contributed by atoms with Gasteiger partial charge in [-0.25, -0.2) is 4.79 Å². The molecular formula is C13H16ClNO3. The third kappa shape index (κ3) is 3.47. The van der Waals surface area contributed by atoms with Crippen molar-refractivity contribution in [2.45, 2.75) is 13.8 Å². The molecule has 1 aromatic rings. The highest BCUT2D eigenvalue weighted by molar-refractivity contribution is 6.29. The molecular weight excluding hydrogens is 254 g/mol. The van der Waals surface area contributed by atoms with Gasteiger partial charge in [-0.3, -0.25) is 4.79 Å². The van der Waals surface area contributed by atoms with E-state index in [4.69, 9.17) is 16.3 Å². The van der Waals surface area contributed by atoms with Crippen LogP contribution in [0.2, 0.25) is 0 Å². The predicted molar refractivity (Wildman–Crippen MR) is 71.1 cm³/mol. The van der Waals surface area contributed by atoms with E-state index in [-0.39, 0.29) is 11.8 Å². The van der Waals surface area contributed by atoms with Gasteiger partial charge in [0.25, 0.3) is 0 Å². The Morgan fingerprint density at radius 1 is 1.33 bits per heavy atom. The maximum absolute atomic E-state index is 11.6. The van der Waals surface area contributed by atoms with Gasteiger partial charge in [0.15, 0.2) is 0 Å². The molecule has 0 aliphatic rings. The normalized spacial score (nSPS) is 9.94. The molecule has 1 amide bonds. The average molecular weight is 270 g/mol. The van der Waals surface area contributed by atoms with Gasteiger partial charge in [-0.15, -0.1) is 11.6 Å². The molecule has 18 heavy (non-hydrogen) atoms. The van der Waals surface area contributed by atoms with Crippen LogP contribution in [-0.4, -0.2) is 30.9 Å². The lowest BCUT2D eigenvalue weighted by molar-refractivity contribution is -0.116. The Hall–Kier alpha value is -1.55. The van der Waals surface area contributed by atoms with E-state index in [1.807, 2.05) is 6.92 Å². The number of benzene rings is 1. The Balaban J connectivity index is 2.99. The summed E-state index contributed by atoms with van der Waals surface area (Å²) in [4.78, 5) is 24.7. The molecule has 4 nitrogen and oxygen atoms in total. The van der Waals surface area contributed by atoms with Crippen LogP contribution in [0, 0.1) is 0 Å². The van der Waals surface area contributed by atoms with Gasteiger partial charge in [-0.05, 0) is 32.0 Å². The Labute approximate surface area is 111 Å². The molecule has 0 saturated heterocycles. The predicted octanol–water partition coefficient (Wildman–Crippen LogP) is 2.46. The lowest BCUT2D eigenvalue weighted by Crippen LogP contribution is -2.31. The second-order valence-corrected chi connectivity index (χ2v) is 3.81. The van der Waals surface area contributed by atoms with E-state index in [0.717, 1.165) is 0 Å². The summed E-state index contributed by atoms with van der Waals surface area (Å²) >= 11 is 5.54. The van der Waals surface area contributed by atoms with E-state index in [9.17, 15) is 9.59 Å². The fourth-order valence-electron chi connectivity index (χ4n) is 1.59. The quantitative estimate of drug-likeness (QED) is 0.609. The summed E-state index contributed by atoms with van der Waals surface area (Å²) < 4.78 is 4.91. The zero-order valence-electron chi connectivity index (χ0n) is 10.5. The van der Waals surface area contributed by atoms with Crippen LogP contribution in [0.4, 0.5) is 5.69 Å². The summed E-state index contributed by atoms with van der Waals surface area (Å²) in [5.74, 6) is -0.675. The van der Waals surface area contributed by atoms with Crippen molar-refractivity contribution >= 4 is 29.2 Å². The lowest BCUT2D eigenvalue weighted by atomic mass is 10.2. The number of anilines is 1. The largest absolute Gasteiger partial charge is 0.462 e. The summed E-state index contributed by atoms with van der Waals surface area (Å²) in [7, 11) is 0. The van der Waals surface area contributed by atoms with Gasteiger partial charge in [0, 0.05) is 12.2 Å². The number of hydrogen-bond acceptors (Lipinski definition) is 3. The zero-order valence-corrected chi connectivity index (χ0v) is 11.2. The highest BCUT2D eigenvalue weighted by Gasteiger charge is 2.14. The topological polar surface area (TPSA) is 46.6 Å². The number of halogens is 1. The first kappa shape index (κ1) is 14.5. The number of alkyl halides is 1. The van der Waals surface area contributed by atoms with E-state index in [1.165, 1.54) is 4.90 Å². The summed E-state index contributed by atoms with van der Waals surface area (Å²) in [6, 6.07) is 6.76. The smallest absolute Gasteiger partial charge is 0.338 e. The lowest BCUT2D eigenvalue weighted by Gasteiger charge is -2.20. The molecule has 0 unspecified atom stereocenters. The van der Waals surface area contributed by atoms with Gasteiger partial charge in [0.1, 0.15) is 5.88 Å². The molecule has 0 radical (unpaired) electrons. The molecule has 0 heterocycles. The first-order valence-electron chi connectivity index (χ1n) is 5.77. The number of hydrogen-bond donors (Lipinski definition) is 0. The van der Waals surface area contributed by atoms with E-state index in [2.05, 4.69) is 0 Å². The molecule has 0 atom stereocenters. The van der Waals surface area contributed by atoms with Crippen LogP contribution in [-0.2, 0) is 9.53 Å². The molecule has 0 spiro atoms. The molecule has 0 saturated carbocycles. The zero-order chi connectivity index (χ0) is 13.5. The van der Waals surface area contributed by atoms with Crippen molar-refractivity contribution in [3.05, 3.63) is 29.8 Å². The number of amides is 1.